The highest BCUT2D eigenvalue weighted by atomic mass is 15.2. The Kier molecular flexibility index (Phi) is 2.06. The minimum atomic E-state index is 0.958. The fourth-order valence-corrected chi connectivity index (χ4v) is 3.54. The molecule has 2 heterocycles. The third-order valence-electron chi connectivity index (χ3n) is 4.29. The second kappa shape index (κ2) is 3.25. The molecule has 74 valence electrons. The zero-order valence-electron chi connectivity index (χ0n) is 8.34. The molecule has 1 saturated carbocycles. The van der Waals surface area contributed by atoms with Crippen LogP contribution in [0.15, 0.2) is 0 Å². The third kappa shape index (κ3) is 1.40. The summed E-state index contributed by atoms with van der Waals surface area (Å²) >= 11 is 0. The van der Waals surface area contributed by atoms with Crippen LogP contribution in [0.4, 0.5) is 0 Å². The Labute approximate surface area is 80.7 Å². The van der Waals surface area contributed by atoms with Gasteiger partial charge in [0, 0.05) is 6.04 Å². The van der Waals surface area contributed by atoms with Crippen molar-refractivity contribution in [3.8, 4) is 0 Å². The molecule has 1 N–H and O–H groups in total. The molecule has 2 atom stereocenters. The number of fused-ring (bicyclic) bond motifs is 1. The van der Waals surface area contributed by atoms with Crippen molar-refractivity contribution in [1.82, 2.24) is 10.2 Å². The summed E-state index contributed by atoms with van der Waals surface area (Å²) in [5.41, 5.74) is 0. The Hall–Kier alpha value is -0.0800. The Morgan fingerprint density at radius 3 is 2.15 bits per heavy atom. The highest BCUT2D eigenvalue weighted by Gasteiger charge is 2.39. The van der Waals surface area contributed by atoms with Gasteiger partial charge in [-0.1, -0.05) is 0 Å². The van der Waals surface area contributed by atoms with E-state index in [0.717, 1.165) is 17.9 Å². The van der Waals surface area contributed by atoms with Gasteiger partial charge < -0.3 is 10.2 Å². The first kappa shape index (κ1) is 8.25. The van der Waals surface area contributed by atoms with Crippen molar-refractivity contribution in [2.45, 2.75) is 31.7 Å². The van der Waals surface area contributed by atoms with E-state index in [1.807, 2.05) is 0 Å². The summed E-state index contributed by atoms with van der Waals surface area (Å²) in [6.07, 6.45) is 5.86. The number of hydrogen-bond donors (Lipinski definition) is 1. The third-order valence-corrected chi connectivity index (χ3v) is 4.29. The second-order valence-electron chi connectivity index (χ2n) is 5.05. The molecule has 13 heavy (non-hydrogen) atoms. The van der Waals surface area contributed by atoms with Crippen molar-refractivity contribution < 1.29 is 0 Å². The molecule has 2 nitrogen and oxygen atoms in total. The van der Waals surface area contributed by atoms with Crippen LogP contribution in [0.25, 0.3) is 0 Å². The van der Waals surface area contributed by atoms with E-state index in [1.54, 1.807) is 0 Å². The molecule has 0 aromatic carbocycles. The van der Waals surface area contributed by atoms with Gasteiger partial charge in [0.25, 0.3) is 0 Å². The van der Waals surface area contributed by atoms with E-state index in [2.05, 4.69) is 10.2 Å². The Morgan fingerprint density at radius 2 is 1.54 bits per heavy atom. The van der Waals surface area contributed by atoms with Gasteiger partial charge in [-0.15, -0.1) is 0 Å². The maximum atomic E-state index is 3.52. The largest absolute Gasteiger partial charge is 0.316 e. The number of nitrogens with one attached hydrogen (secondary N) is 1. The highest BCUT2D eigenvalue weighted by Crippen LogP contribution is 2.37. The minimum absolute atomic E-state index is 0.958. The first-order valence-electron chi connectivity index (χ1n) is 5.88. The van der Waals surface area contributed by atoms with Gasteiger partial charge in [0.1, 0.15) is 0 Å². The zero-order valence-corrected chi connectivity index (χ0v) is 8.34. The lowest BCUT2D eigenvalue weighted by Crippen LogP contribution is -2.32. The van der Waals surface area contributed by atoms with Crippen molar-refractivity contribution in [1.29, 1.82) is 0 Å². The lowest BCUT2D eigenvalue weighted by Gasteiger charge is -2.23. The standard InChI is InChI=1S/C11H20N2/c1-2-4-13(3-1)11-5-9-7-12-8-10(9)6-11/h9-12H,1-8H2. The van der Waals surface area contributed by atoms with Gasteiger partial charge in [-0.3, -0.25) is 0 Å². The van der Waals surface area contributed by atoms with Crippen LogP contribution < -0.4 is 5.32 Å². The molecule has 3 fully saturated rings. The minimum Gasteiger partial charge on any atom is -0.316 e. The molecule has 3 aliphatic rings. The summed E-state index contributed by atoms with van der Waals surface area (Å²) in [6, 6.07) is 0.958. The fourth-order valence-electron chi connectivity index (χ4n) is 3.54. The van der Waals surface area contributed by atoms with E-state index in [9.17, 15) is 0 Å². The van der Waals surface area contributed by atoms with Gasteiger partial charge >= 0.3 is 0 Å². The predicted octanol–water partition coefficient (Wildman–Crippen LogP) is 1.08. The molecule has 0 bridgehead atoms. The molecule has 2 saturated heterocycles. The Balaban J connectivity index is 1.62. The lowest BCUT2D eigenvalue weighted by atomic mass is 10.0. The van der Waals surface area contributed by atoms with E-state index in [4.69, 9.17) is 0 Å². The Morgan fingerprint density at radius 1 is 0.923 bits per heavy atom. The summed E-state index contributed by atoms with van der Waals surface area (Å²) in [6.45, 7) is 5.37. The first-order valence-corrected chi connectivity index (χ1v) is 5.88. The van der Waals surface area contributed by atoms with Gasteiger partial charge in [0.05, 0.1) is 0 Å². The van der Waals surface area contributed by atoms with Crippen molar-refractivity contribution in [2.75, 3.05) is 26.2 Å². The van der Waals surface area contributed by atoms with Crippen molar-refractivity contribution >= 4 is 0 Å². The van der Waals surface area contributed by atoms with E-state index >= 15 is 0 Å². The molecule has 0 amide bonds. The van der Waals surface area contributed by atoms with Crippen LogP contribution in [-0.2, 0) is 0 Å². The number of rotatable bonds is 1. The summed E-state index contributed by atoms with van der Waals surface area (Å²) in [5.74, 6) is 2.04. The number of nitrogens with zero attached hydrogens (tertiary/aromatic N) is 1. The van der Waals surface area contributed by atoms with Gasteiger partial charge in [-0.25, -0.2) is 0 Å². The van der Waals surface area contributed by atoms with Crippen LogP contribution in [-0.4, -0.2) is 37.1 Å². The topological polar surface area (TPSA) is 15.3 Å². The first-order chi connectivity index (χ1) is 6.43. The molecule has 1 aliphatic carbocycles. The molecule has 0 aromatic heterocycles. The second-order valence-corrected chi connectivity index (χ2v) is 5.05. The highest BCUT2D eigenvalue weighted by molar-refractivity contribution is 4.95. The van der Waals surface area contributed by atoms with Crippen LogP contribution in [0.3, 0.4) is 0 Å². The van der Waals surface area contributed by atoms with Crippen LogP contribution in [0, 0.1) is 11.8 Å². The van der Waals surface area contributed by atoms with Crippen molar-refractivity contribution in [3.05, 3.63) is 0 Å². The van der Waals surface area contributed by atoms with Crippen LogP contribution in [0.1, 0.15) is 25.7 Å². The quantitative estimate of drug-likeness (QED) is 0.649. The van der Waals surface area contributed by atoms with Gasteiger partial charge in [0.15, 0.2) is 0 Å². The van der Waals surface area contributed by atoms with Crippen molar-refractivity contribution in [2.24, 2.45) is 11.8 Å². The van der Waals surface area contributed by atoms with E-state index in [1.165, 1.54) is 51.9 Å². The summed E-state index contributed by atoms with van der Waals surface area (Å²) < 4.78 is 0. The average Bonchev–Trinajstić information content (AvgIpc) is 2.78. The molecule has 0 radical (unpaired) electrons. The van der Waals surface area contributed by atoms with E-state index in [0.29, 0.717) is 0 Å². The maximum Gasteiger partial charge on any atom is 0.0102 e. The predicted molar refractivity (Wildman–Crippen MR) is 53.7 cm³/mol. The fraction of sp³-hybridized carbons (Fsp3) is 1.00. The van der Waals surface area contributed by atoms with Gasteiger partial charge in [-0.05, 0) is 63.7 Å². The normalized spacial score (nSPS) is 45.7. The average molecular weight is 180 g/mol. The summed E-state index contributed by atoms with van der Waals surface area (Å²) in [4.78, 5) is 2.75. The van der Waals surface area contributed by atoms with Crippen LogP contribution in [0.2, 0.25) is 0 Å². The molecule has 0 aromatic rings. The molecular weight excluding hydrogens is 160 g/mol. The van der Waals surface area contributed by atoms with Crippen LogP contribution >= 0.6 is 0 Å². The Bertz CT molecular complexity index is 175. The molecular formula is C11H20N2. The number of likely N-dealkylation sites (tertiary alicyclic amines) is 1. The van der Waals surface area contributed by atoms with Crippen LogP contribution in [0.5, 0.6) is 0 Å². The van der Waals surface area contributed by atoms with Crippen molar-refractivity contribution in [3.63, 3.8) is 0 Å². The molecule has 2 heteroatoms. The SMILES string of the molecule is C1CCN(C2CC3CNCC3C2)C1. The molecule has 2 unspecified atom stereocenters. The smallest absolute Gasteiger partial charge is 0.0102 e. The van der Waals surface area contributed by atoms with E-state index < -0.39 is 0 Å². The molecule has 0 spiro atoms. The number of hydrogen-bond acceptors (Lipinski definition) is 2. The molecule has 3 rings (SSSR count). The molecule has 2 aliphatic heterocycles. The van der Waals surface area contributed by atoms with Gasteiger partial charge in [0.2, 0.25) is 0 Å². The monoisotopic (exact) mass is 180 g/mol. The zero-order chi connectivity index (χ0) is 8.67. The lowest BCUT2D eigenvalue weighted by molar-refractivity contribution is 0.236. The summed E-state index contributed by atoms with van der Waals surface area (Å²) in [5, 5.41) is 3.52. The van der Waals surface area contributed by atoms with E-state index in [-0.39, 0.29) is 0 Å². The van der Waals surface area contributed by atoms with Gasteiger partial charge in [-0.2, -0.15) is 0 Å². The maximum absolute atomic E-state index is 3.52. The summed E-state index contributed by atoms with van der Waals surface area (Å²) in [7, 11) is 0.